The normalized spacial score (nSPS) is 14.9. The van der Waals surface area contributed by atoms with Crippen LogP contribution in [0.1, 0.15) is 19.3 Å². The van der Waals surface area contributed by atoms with Gasteiger partial charge < -0.3 is 9.64 Å². The molecule has 1 aromatic carbocycles. The molecular formula is C14H15F2NO2S2. The number of ether oxygens (including phenoxy) is 1. The molecule has 1 aliphatic heterocycles. The first-order valence-electron chi connectivity index (χ1n) is 6.63. The highest BCUT2D eigenvalue weighted by Crippen LogP contribution is 2.20. The molecule has 114 valence electrons. The molecule has 0 aromatic heterocycles. The van der Waals surface area contributed by atoms with E-state index in [-0.39, 0.29) is 11.5 Å². The Bertz CT molecular complexity index is 534. The van der Waals surface area contributed by atoms with E-state index in [1.54, 1.807) is 0 Å². The standard InChI is InChI=1S/C14H15F2NO2S2/c15-10-4-5-12(11(16)8-10)19-13(18)9-21-14(20)17-6-2-1-3-7-17/h4-5,8H,1-3,6-7,9H2. The van der Waals surface area contributed by atoms with Crippen molar-refractivity contribution < 1.29 is 18.3 Å². The van der Waals surface area contributed by atoms with E-state index in [9.17, 15) is 13.6 Å². The second kappa shape index (κ2) is 7.70. The van der Waals surface area contributed by atoms with Gasteiger partial charge in [0.15, 0.2) is 11.6 Å². The lowest BCUT2D eigenvalue weighted by molar-refractivity contribution is -0.131. The molecule has 0 amide bonds. The fourth-order valence-electron chi connectivity index (χ4n) is 2.00. The van der Waals surface area contributed by atoms with Gasteiger partial charge in [0, 0.05) is 19.2 Å². The highest BCUT2D eigenvalue weighted by Gasteiger charge is 2.16. The van der Waals surface area contributed by atoms with Crippen LogP contribution >= 0.6 is 24.0 Å². The molecule has 1 fully saturated rings. The maximum absolute atomic E-state index is 13.3. The van der Waals surface area contributed by atoms with Crippen LogP contribution in [0.2, 0.25) is 0 Å². The van der Waals surface area contributed by atoms with Gasteiger partial charge in [-0.25, -0.2) is 8.78 Å². The number of benzene rings is 1. The molecule has 0 atom stereocenters. The second-order valence-corrected chi connectivity index (χ2v) is 6.26. The first kappa shape index (κ1) is 16.2. The molecule has 1 saturated heterocycles. The van der Waals surface area contributed by atoms with Crippen molar-refractivity contribution in [2.24, 2.45) is 0 Å². The van der Waals surface area contributed by atoms with Crippen LogP contribution in [-0.4, -0.2) is 34.0 Å². The number of hydrogen-bond donors (Lipinski definition) is 0. The number of thioether (sulfide) groups is 1. The van der Waals surface area contributed by atoms with Crippen molar-refractivity contribution in [3.63, 3.8) is 0 Å². The molecule has 0 saturated carbocycles. The van der Waals surface area contributed by atoms with Crippen LogP contribution in [0.4, 0.5) is 8.78 Å². The number of halogens is 2. The SMILES string of the molecule is O=C(CSC(=S)N1CCCCC1)Oc1ccc(F)cc1F. The minimum atomic E-state index is -0.896. The Balaban J connectivity index is 1.80. The van der Waals surface area contributed by atoms with E-state index in [4.69, 9.17) is 17.0 Å². The third-order valence-corrected chi connectivity index (χ3v) is 4.54. The Kier molecular flexibility index (Phi) is 5.93. The summed E-state index contributed by atoms with van der Waals surface area (Å²) in [6, 6.07) is 2.81. The molecule has 0 radical (unpaired) electrons. The van der Waals surface area contributed by atoms with Crippen molar-refractivity contribution in [1.29, 1.82) is 0 Å². The van der Waals surface area contributed by atoms with Gasteiger partial charge in [-0.3, -0.25) is 4.79 Å². The summed E-state index contributed by atoms with van der Waals surface area (Å²) in [5, 5.41) is 0. The molecule has 0 N–H and O–H groups in total. The Morgan fingerprint density at radius 1 is 1.29 bits per heavy atom. The lowest BCUT2D eigenvalue weighted by Gasteiger charge is -2.28. The zero-order chi connectivity index (χ0) is 15.2. The fraction of sp³-hybridized carbons (Fsp3) is 0.429. The number of hydrogen-bond acceptors (Lipinski definition) is 4. The van der Waals surface area contributed by atoms with Crippen molar-refractivity contribution >= 4 is 34.3 Å². The van der Waals surface area contributed by atoms with E-state index >= 15 is 0 Å². The molecule has 0 unspecified atom stereocenters. The van der Waals surface area contributed by atoms with Crippen molar-refractivity contribution in [3.8, 4) is 5.75 Å². The van der Waals surface area contributed by atoms with Gasteiger partial charge in [0.25, 0.3) is 0 Å². The molecule has 2 rings (SSSR count). The minimum absolute atomic E-state index is 0.00610. The summed E-state index contributed by atoms with van der Waals surface area (Å²) < 4.78 is 31.6. The van der Waals surface area contributed by atoms with Crippen LogP contribution in [-0.2, 0) is 4.79 Å². The van der Waals surface area contributed by atoms with Gasteiger partial charge in [0.1, 0.15) is 10.1 Å². The van der Waals surface area contributed by atoms with Gasteiger partial charge in [-0.15, -0.1) is 0 Å². The maximum atomic E-state index is 13.3. The van der Waals surface area contributed by atoms with Gasteiger partial charge in [0.2, 0.25) is 0 Å². The Morgan fingerprint density at radius 2 is 2.00 bits per heavy atom. The smallest absolute Gasteiger partial charge is 0.321 e. The van der Waals surface area contributed by atoms with Crippen LogP contribution in [0.3, 0.4) is 0 Å². The molecule has 1 aliphatic rings. The van der Waals surface area contributed by atoms with Gasteiger partial charge in [-0.1, -0.05) is 24.0 Å². The summed E-state index contributed by atoms with van der Waals surface area (Å²) in [6.45, 7) is 1.82. The summed E-state index contributed by atoms with van der Waals surface area (Å²) in [5.74, 6) is -2.48. The molecule has 1 aromatic rings. The van der Waals surface area contributed by atoms with E-state index in [1.165, 1.54) is 18.2 Å². The van der Waals surface area contributed by atoms with Crippen molar-refractivity contribution in [1.82, 2.24) is 4.90 Å². The van der Waals surface area contributed by atoms with E-state index in [0.29, 0.717) is 10.4 Å². The average Bonchev–Trinajstić information content (AvgIpc) is 2.48. The third-order valence-electron chi connectivity index (χ3n) is 3.05. The topological polar surface area (TPSA) is 29.5 Å². The Hall–Kier alpha value is -1.21. The summed E-state index contributed by atoms with van der Waals surface area (Å²) in [6.07, 6.45) is 3.41. The molecule has 7 heteroatoms. The first-order chi connectivity index (χ1) is 10.1. The predicted octanol–water partition coefficient (Wildman–Crippen LogP) is 3.37. The van der Waals surface area contributed by atoms with Crippen LogP contribution in [0.5, 0.6) is 5.75 Å². The highest BCUT2D eigenvalue weighted by molar-refractivity contribution is 8.23. The quantitative estimate of drug-likeness (QED) is 0.481. The van der Waals surface area contributed by atoms with Crippen molar-refractivity contribution in [2.45, 2.75) is 19.3 Å². The van der Waals surface area contributed by atoms with Crippen molar-refractivity contribution in [2.75, 3.05) is 18.8 Å². The Morgan fingerprint density at radius 3 is 2.67 bits per heavy atom. The summed E-state index contributed by atoms with van der Waals surface area (Å²) in [5.41, 5.74) is 0. The Labute approximate surface area is 131 Å². The zero-order valence-electron chi connectivity index (χ0n) is 11.3. The molecule has 3 nitrogen and oxygen atoms in total. The molecule has 1 heterocycles. The third kappa shape index (κ3) is 4.93. The molecular weight excluding hydrogens is 316 g/mol. The summed E-state index contributed by atoms with van der Waals surface area (Å²) >= 11 is 6.46. The van der Waals surface area contributed by atoms with Crippen LogP contribution in [0.25, 0.3) is 0 Å². The van der Waals surface area contributed by atoms with E-state index < -0.39 is 17.6 Å². The number of esters is 1. The average molecular weight is 331 g/mol. The van der Waals surface area contributed by atoms with Gasteiger partial charge >= 0.3 is 5.97 Å². The van der Waals surface area contributed by atoms with Crippen molar-refractivity contribution in [3.05, 3.63) is 29.8 Å². The monoisotopic (exact) mass is 331 g/mol. The summed E-state index contributed by atoms with van der Waals surface area (Å²) in [4.78, 5) is 13.7. The number of carbonyl (C=O) groups is 1. The number of likely N-dealkylation sites (tertiary alicyclic amines) is 1. The molecule has 0 aliphatic carbocycles. The lowest BCUT2D eigenvalue weighted by atomic mass is 10.1. The van der Waals surface area contributed by atoms with E-state index in [0.717, 1.165) is 38.1 Å². The molecule has 21 heavy (non-hydrogen) atoms. The number of nitrogens with zero attached hydrogens (tertiary/aromatic N) is 1. The molecule has 0 spiro atoms. The lowest BCUT2D eigenvalue weighted by Crippen LogP contribution is -2.33. The van der Waals surface area contributed by atoms with Crippen LogP contribution in [0, 0.1) is 11.6 Å². The minimum Gasteiger partial charge on any atom is -0.423 e. The second-order valence-electron chi connectivity index (χ2n) is 4.65. The number of carbonyl (C=O) groups excluding carboxylic acids is 1. The number of thiocarbonyl (C=S) groups is 1. The van der Waals surface area contributed by atoms with Gasteiger partial charge in [0.05, 0.1) is 5.75 Å². The highest BCUT2D eigenvalue weighted by atomic mass is 32.2. The zero-order valence-corrected chi connectivity index (χ0v) is 12.9. The number of piperidine rings is 1. The van der Waals surface area contributed by atoms with Crippen LogP contribution in [0.15, 0.2) is 18.2 Å². The number of rotatable bonds is 3. The van der Waals surface area contributed by atoms with E-state index in [1.807, 2.05) is 0 Å². The van der Waals surface area contributed by atoms with Gasteiger partial charge in [-0.05, 0) is 31.4 Å². The fourth-order valence-corrected chi connectivity index (χ4v) is 3.02. The van der Waals surface area contributed by atoms with Gasteiger partial charge in [-0.2, -0.15) is 0 Å². The summed E-state index contributed by atoms with van der Waals surface area (Å²) in [7, 11) is 0. The first-order valence-corrected chi connectivity index (χ1v) is 8.03. The maximum Gasteiger partial charge on any atom is 0.321 e. The predicted molar refractivity (Wildman–Crippen MR) is 82.5 cm³/mol. The molecule has 0 bridgehead atoms. The van der Waals surface area contributed by atoms with E-state index in [2.05, 4.69) is 4.90 Å². The van der Waals surface area contributed by atoms with Crippen LogP contribution < -0.4 is 4.74 Å². The largest absolute Gasteiger partial charge is 0.423 e.